The van der Waals surface area contributed by atoms with Gasteiger partial charge in [-0.05, 0) is 42.3 Å². The Labute approximate surface area is 170 Å². The van der Waals surface area contributed by atoms with Crippen molar-refractivity contribution < 1.29 is 9.15 Å². The Morgan fingerprint density at radius 3 is 2.50 bits per heavy atom. The maximum atomic E-state index is 6.06. The van der Waals surface area contributed by atoms with Gasteiger partial charge in [0, 0.05) is 22.2 Å². The van der Waals surface area contributed by atoms with Gasteiger partial charge in [0.2, 0.25) is 5.89 Å². The van der Waals surface area contributed by atoms with Crippen molar-refractivity contribution in [3.8, 4) is 5.75 Å². The van der Waals surface area contributed by atoms with E-state index in [-0.39, 0.29) is 0 Å². The average molecular weight is 430 g/mol. The Balaban J connectivity index is 1.41. The van der Waals surface area contributed by atoms with Gasteiger partial charge in [0.15, 0.2) is 0 Å². The molecule has 26 heavy (non-hydrogen) atoms. The van der Waals surface area contributed by atoms with Crippen LogP contribution in [0.15, 0.2) is 52.1 Å². The molecule has 0 fully saturated rings. The lowest BCUT2D eigenvalue weighted by atomic mass is 10.2. The Kier molecular flexibility index (Phi) is 7.08. The third kappa shape index (κ3) is 5.81. The van der Waals surface area contributed by atoms with Crippen molar-refractivity contribution in [3.05, 3.63) is 69.0 Å². The van der Waals surface area contributed by atoms with Crippen molar-refractivity contribution in [2.24, 2.45) is 0 Å². The van der Waals surface area contributed by atoms with Crippen molar-refractivity contribution in [2.45, 2.75) is 23.8 Å². The van der Waals surface area contributed by atoms with Crippen LogP contribution in [0, 0.1) is 0 Å². The summed E-state index contributed by atoms with van der Waals surface area (Å²) < 4.78 is 11.3. The topological polar surface area (TPSA) is 48.2 Å². The summed E-state index contributed by atoms with van der Waals surface area (Å²) in [5.41, 5.74) is 1.15. The van der Waals surface area contributed by atoms with Crippen LogP contribution in [0.1, 0.15) is 17.9 Å². The summed E-state index contributed by atoms with van der Waals surface area (Å²) >= 11 is 19.3. The number of aromatic nitrogens is 2. The predicted octanol–water partition coefficient (Wildman–Crippen LogP) is 6.33. The fraction of sp³-hybridized carbons (Fsp3) is 0.222. The van der Waals surface area contributed by atoms with Crippen molar-refractivity contribution in [3.63, 3.8) is 0 Å². The summed E-state index contributed by atoms with van der Waals surface area (Å²) in [5, 5.41) is 10.5. The largest absolute Gasteiger partial charge is 0.492 e. The van der Waals surface area contributed by atoms with Crippen LogP contribution in [0.4, 0.5) is 0 Å². The van der Waals surface area contributed by atoms with Crippen molar-refractivity contribution in [1.29, 1.82) is 0 Å². The lowest BCUT2D eigenvalue weighted by Gasteiger charge is -2.07. The Morgan fingerprint density at radius 1 is 0.962 bits per heavy atom. The van der Waals surface area contributed by atoms with Crippen LogP contribution < -0.4 is 4.74 Å². The molecule has 8 heteroatoms. The van der Waals surface area contributed by atoms with Gasteiger partial charge in [-0.1, -0.05) is 58.7 Å². The van der Waals surface area contributed by atoms with E-state index in [0.717, 1.165) is 22.8 Å². The van der Waals surface area contributed by atoms with Gasteiger partial charge >= 0.3 is 0 Å². The van der Waals surface area contributed by atoms with Gasteiger partial charge in [-0.15, -0.1) is 10.2 Å². The number of hydrogen-bond acceptors (Lipinski definition) is 5. The van der Waals surface area contributed by atoms with Crippen LogP contribution in [0.25, 0.3) is 0 Å². The van der Waals surface area contributed by atoms with E-state index in [9.17, 15) is 0 Å². The van der Waals surface area contributed by atoms with Gasteiger partial charge in [0.05, 0.1) is 11.6 Å². The van der Waals surface area contributed by atoms with Gasteiger partial charge in [0.1, 0.15) is 5.75 Å². The molecule has 0 N–H and O–H groups in total. The van der Waals surface area contributed by atoms with Crippen molar-refractivity contribution in [2.75, 3.05) is 6.61 Å². The first-order valence-corrected chi connectivity index (χ1v) is 9.99. The van der Waals surface area contributed by atoms with E-state index in [1.54, 1.807) is 18.2 Å². The third-order valence-electron chi connectivity index (χ3n) is 3.41. The molecular formula is C18H15Cl3N2O2S. The molecule has 2 aromatic carbocycles. The number of thioether (sulfide) groups is 1. The zero-order valence-corrected chi connectivity index (χ0v) is 16.7. The van der Waals surface area contributed by atoms with E-state index in [1.807, 2.05) is 24.3 Å². The normalized spacial score (nSPS) is 10.9. The van der Waals surface area contributed by atoms with Crippen molar-refractivity contribution in [1.82, 2.24) is 10.2 Å². The number of aryl methyl sites for hydroxylation is 1. The highest BCUT2D eigenvalue weighted by Crippen LogP contribution is 2.27. The molecule has 0 spiro atoms. The fourth-order valence-corrected chi connectivity index (χ4v) is 3.45. The zero-order chi connectivity index (χ0) is 18.4. The van der Waals surface area contributed by atoms with E-state index >= 15 is 0 Å². The Hall–Kier alpha value is -1.40. The highest BCUT2D eigenvalue weighted by atomic mass is 35.5. The number of hydrogen-bond donors (Lipinski definition) is 0. The fourth-order valence-electron chi connectivity index (χ4n) is 2.12. The number of benzene rings is 2. The lowest BCUT2D eigenvalue weighted by Crippen LogP contribution is -2.00. The SMILES string of the molecule is Clc1ccc(CSc2nnc(CCCOc3ccc(Cl)cc3Cl)o2)cc1. The first-order valence-electron chi connectivity index (χ1n) is 7.87. The molecule has 0 amide bonds. The molecule has 0 aliphatic heterocycles. The Bertz CT molecular complexity index is 856. The molecule has 4 nitrogen and oxygen atoms in total. The van der Waals surface area contributed by atoms with Gasteiger partial charge in [-0.2, -0.15) is 0 Å². The van der Waals surface area contributed by atoms with E-state index in [1.165, 1.54) is 11.8 Å². The highest BCUT2D eigenvalue weighted by Gasteiger charge is 2.08. The van der Waals surface area contributed by atoms with Crippen LogP contribution >= 0.6 is 46.6 Å². The molecule has 1 heterocycles. The molecule has 3 rings (SSSR count). The molecule has 0 saturated carbocycles. The quantitative estimate of drug-likeness (QED) is 0.309. The molecule has 0 unspecified atom stereocenters. The standard InChI is InChI=1S/C18H15Cl3N2O2S/c19-13-5-3-12(4-6-13)11-26-18-23-22-17(25-18)2-1-9-24-16-8-7-14(20)10-15(16)21/h3-8,10H,1-2,9,11H2. The van der Waals surface area contributed by atoms with Gasteiger partial charge < -0.3 is 9.15 Å². The van der Waals surface area contributed by atoms with Crippen molar-refractivity contribution >= 4 is 46.6 Å². The first kappa shape index (κ1) is 19.4. The Morgan fingerprint density at radius 2 is 1.73 bits per heavy atom. The molecule has 3 aromatic rings. The highest BCUT2D eigenvalue weighted by molar-refractivity contribution is 7.98. The predicted molar refractivity (Wildman–Crippen MR) is 106 cm³/mol. The summed E-state index contributed by atoms with van der Waals surface area (Å²) in [6.07, 6.45) is 1.38. The molecule has 1 aromatic heterocycles. The maximum absolute atomic E-state index is 6.06. The van der Waals surface area contributed by atoms with Gasteiger partial charge in [-0.25, -0.2) is 0 Å². The van der Waals surface area contributed by atoms with Crippen LogP contribution in [0.3, 0.4) is 0 Å². The van der Waals surface area contributed by atoms with E-state index in [0.29, 0.717) is 39.9 Å². The summed E-state index contributed by atoms with van der Waals surface area (Å²) in [6.45, 7) is 0.497. The third-order valence-corrected chi connectivity index (χ3v) is 5.08. The first-order chi connectivity index (χ1) is 12.6. The minimum Gasteiger partial charge on any atom is -0.492 e. The van der Waals surface area contributed by atoms with E-state index < -0.39 is 0 Å². The number of ether oxygens (including phenoxy) is 1. The molecular weight excluding hydrogens is 415 g/mol. The minimum atomic E-state index is 0.496. The van der Waals surface area contributed by atoms with Crippen LogP contribution in [0.2, 0.25) is 15.1 Å². The van der Waals surface area contributed by atoms with Crippen LogP contribution in [-0.4, -0.2) is 16.8 Å². The molecule has 0 aliphatic carbocycles. The second-order valence-corrected chi connectivity index (χ2v) is 7.61. The molecule has 0 atom stereocenters. The van der Waals surface area contributed by atoms with Gasteiger partial charge in [-0.3, -0.25) is 0 Å². The molecule has 0 bridgehead atoms. The molecule has 0 aliphatic rings. The second kappa shape index (κ2) is 9.51. The maximum Gasteiger partial charge on any atom is 0.276 e. The van der Waals surface area contributed by atoms with E-state index in [4.69, 9.17) is 44.0 Å². The summed E-state index contributed by atoms with van der Waals surface area (Å²) in [7, 11) is 0. The molecule has 0 saturated heterocycles. The molecule has 0 radical (unpaired) electrons. The summed E-state index contributed by atoms with van der Waals surface area (Å²) in [4.78, 5) is 0. The number of halogens is 3. The van der Waals surface area contributed by atoms with Gasteiger partial charge in [0.25, 0.3) is 5.22 Å². The number of nitrogens with zero attached hydrogens (tertiary/aromatic N) is 2. The monoisotopic (exact) mass is 428 g/mol. The lowest BCUT2D eigenvalue weighted by molar-refractivity contribution is 0.302. The summed E-state index contributed by atoms with van der Waals surface area (Å²) in [5.74, 6) is 1.95. The molecule has 136 valence electrons. The van der Waals surface area contributed by atoms with Crippen LogP contribution in [-0.2, 0) is 12.2 Å². The smallest absolute Gasteiger partial charge is 0.276 e. The summed E-state index contributed by atoms with van der Waals surface area (Å²) in [6, 6.07) is 12.8. The number of rotatable bonds is 8. The average Bonchev–Trinajstić information content (AvgIpc) is 3.07. The zero-order valence-electron chi connectivity index (χ0n) is 13.6. The minimum absolute atomic E-state index is 0.496. The van der Waals surface area contributed by atoms with Crippen LogP contribution in [0.5, 0.6) is 5.75 Å². The second-order valence-electron chi connectivity index (χ2n) is 5.40. The van der Waals surface area contributed by atoms with E-state index in [2.05, 4.69) is 10.2 Å².